The van der Waals surface area contributed by atoms with Crippen LogP contribution in [0.2, 0.25) is 0 Å². The third-order valence-corrected chi connectivity index (χ3v) is 8.07. The number of aliphatic hydroxyl groups is 1. The summed E-state index contributed by atoms with van der Waals surface area (Å²) in [5.74, 6) is 1.83. The lowest BCUT2D eigenvalue weighted by Gasteiger charge is -2.50. The average Bonchev–Trinajstić information content (AvgIpc) is 2.74. The monoisotopic (exact) mass is 320 g/mol. The molecule has 4 atom stereocenters. The molecule has 0 radical (unpaired) electrons. The van der Waals surface area contributed by atoms with Gasteiger partial charge < -0.3 is 19.3 Å². The molecule has 4 nitrogen and oxygen atoms in total. The molecule has 3 fully saturated rings. The molecule has 0 aromatic rings. The number of aliphatic hydroxyl groups excluding tert-OH is 1. The van der Waals surface area contributed by atoms with Gasteiger partial charge in [0.15, 0.2) is 5.79 Å². The molecule has 1 saturated carbocycles. The molecule has 2 aliphatic heterocycles. The Hall–Kier alpha value is 0.540. The van der Waals surface area contributed by atoms with Crippen LogP contribution in [0.15, 0.2) is 0 Å². The number of methoxy groups -OCH3 is 1. The molecule has 0 unspecified atom stereocenters. The first-order valence-electron chi connectivity index (χ1n) is 7.28. The third-order valence-electron chi connectivity index (χ3n) is 4.46. The molecule has 6 heteroatoms. The Morgan fingerprint density at radius 2 is 1.85 bits per heavy atom. The molecular weight excluding hydrogens is 296 g/mol. The second-order valence-corrected chi connectivity index (χ2v) is 9.30. The summed E-state index contributed by atoms with van der Waals surface area (Å²) in [6, 6.07) is 0. The van der Waals surface area contributed by atoms with E-state index in [9.17, 15) is 5.11 Å². The smallest absolute Gasteiger partial charge is 0.163 e. The van der Waals surface area contributed by atoms with Crippen LogP contribution < -0.4 is 0 Å². The highest BCUT2D eigenvalue weighted by Crippen LogP contribution is 2.57. The Balaban J connectivity index is 1.91. The van der Waals surface area contributed by atoms with E-state index in [-0.39, 0.29) is 34.9 Å². The van der Waals surface area contributed by atoms with Gasteiger partial charge in [-0.3, -0.25) is 0 Å². The van der Waals surface area contributed by atoms with Crippen molar-refractivity contribution >= 4 is 23.5 Å². The summed E-state index contributed by atoms with van der Waals surface area (Å²) < 4.78 is 17.9. The van der Waals surface area contributed by atoms with Gasteiger partial charge in [0, 0.05) is 19.4 Å². The molecule has 2 saturated heterocycles. The first-order valence-corrected chi connectivity index (χ1v) is 9.26. The summed E-state index contributed by atoms with van der Waals surface area (Å²) in [5.41, 5.74) is 0. The van der Waals surface area contributed by atoms with Crippen LogP contribution in [-0.2, 0) is 14.2 Å². The zero-order valence-electron chi connectivity index (χ0n) is 12.3. The predicted octanol–water partition coefficient (Wildman–Crippen LogP) is 2.10. The van der Waals surface area contributed by atoms with Gasteiger partial charge in [0.05, 0.1) is 22.9 Å². The molecule has 1 aliphatic carbocycles. The van der Waals surface area contributed by atoms with Crippen LogP contribution in [0.5, 0.6) is 0 Å². The van der Waals surface area contributed by atoms with Crippen molar-refractivity contribution in [2.45, 2.75) is 54.9 Å². The van der Waals surface area contributed by atoms with Gasteiger partial charge in [-0.1, -0.05) is 0 Å². The Bertz CT molecular complexity index is 357. The van der Waals surface area contributed by atoms with Gasteiger partial charge in [-0.2, -0.15) is 0 Å². The maximum absolute atomic E-state index is 9.98. The van der Waals surface area contributed by atoms with E-state index in [2.05, 4.69) is 0 Å². The van der Waals surface area contributed by atoms with Gasteiger partial charge >= 0.3 is 0 Å². The second kappa shape index (κ2) is 5.63. The van der Waals surface area contributed by atoms with E-state index in [1.165, 1.54) is 6.42 Å². The molecule has 116 valence electrons. The topological polar surface area (TPSA) is 47.9 Å². The largest absolute Gasteiger partial charge is 0.396 e. The SMILES string of the molecule is CO[C@H]1CC2(SCCCS2)[C@@H](CO)[C@H]2OC(C)(C)O[C@@H]21. The molecule has 3 aliphatic rings. The van der Waals surface area contributed by atoms with Crippen molar-refractivity contribution in [1.82, 2.24) is 0 Å². The quantitative estimate of drug-likeness (QED) is 0.841. The number of hydrogen-bond donors (Lipinski definition) is 1. The highest BCUT2D eigenvalue weighted by Gasteiger charge is 2.60. The molecule has 3 rings (SSSR count). The molecule has 0 amide bonds. The lowest BCUT2D eigenvalue weighted by molar-refractivity contribution is -0.156. The first-order chi connectivity index (χ1) is 9.51. The highest BCUT2D eigenvalue weighted by atomic mass is 32.2. The number of fused-ring (bicyclic) bond motifs is 1. The molecule has 1 N–H and O–H groups in total. The van der Waals surface area contributed by atoms with Crippen LogP contribution in [0, 0.1) is 5.92 Å². The van der Waals surface area contributed by atoms with Crippen LogP contribution >= 0.6 is 23.5 Å². The van der Waals surface area contributed by atoms with Gasteiger partial charge in [-0.25, -0.2) is 0 Å². The summed E-state index contributed by atoms with van der Waals surface area (Å²) in [6.45, 7) is 4.04. The van der Waals surface area contributed by atoms with Crippen LogP contribution in [0.4, 0.5) is 0 Å². The highest BCUT2D eigenvalue weighted by molar-refractivity contribution is 8.18. The minimum atomic E-state index is -0.588. The Morgan fingerprint density at radius 3 is 2.45 bits per heavy atom. The maximum atomic E-state index is 9.98. The second-order valence-electron chi connectivity index (χ2n) is 6.19. The van der Waals surface area contributed by atoms with Crippen molar-refractivity contribution in [2.75, 3.05) is 25.2 Å². The van der Waals surface area contributed by atoms with Gasteiger partial charge in [0.25, 0.3) is 0 Å². The van der Waals surface area contributed by atoms with E-state index >= 15 is 0 Å². The molecular formula is C14H24O4S2. The lowest BCUT2D eigenvalue weighted by atomic mass is 9.82. The molecule has 20 heavy (non-hydrogen) atoms. The fourth-order valence-corrected chi connectivity index (χ4v) is 7.29. The summed E-state index contributed by atoms with van der Waals surface area (Å²) >= 11 is 3.95. The van der Waals surface area contributed by atoms with Crippen molar-refractivity contribution in [2.24, 2.45) is 5.92 Å². The van der Waals surface area contributed by atoms with Crippen LogP contribution in [0.25, 0.3) is 0 Å². The van der Waals surface area contributed by atoms with E-state index in [1.54, 1.807) is 7.11 Å². The molecule has 1 spiro atoms. The number of rotatable bonds is 2. The molecule has 0 aromatic carbocycles. The minimum absolute atomic E-state index is 0.0125. The minimum Gasteiger partial charge on any atom is -0.396 e. The van der Waals surface area contributed by atoms with E-state index in [0.717, 1.165) is 17.9 Å². The van der Waals surface area contributed by atoms with Crippen molar-refractivity contribution in [3.63, 3.8) is 0 Å². The fourth-order valence-electron chi connectivity index (χ4n) is 3.60. The molecule has 2 heterocycles. The average molecular weight is 320 g/mol. The van der Waals surface area contributed by atoms with E-state index in [0.29, 0.717) is 0 Å². The summed E-state index contributed by atoms with van der Waals surface area (Å²) in [5, 5.41) is 9.98. The summed E-state index contributed by atoms with van der Waals surface area (Å²) in [4.78, 5) is 0. The van der Waals surface area contributed by atoms with Gasteiger partial charge in [-0.05, 0) is 31.8 Å². The van der Waals surface area contributed by atoms with E-state index in [1.807, 2.05) is 37.4 Å². The van der Waals surface area contributed by atoms with Crippen molar-refractivity contribution in [3.8, 4) is 0 Å². The Kier molecular flexibility index (Phi) is 4.35. The van der Waals surface area contributed by atoms with Gasteiger partial charge in [-0.15, -0.1) is 23.5 Å². The fraction of sp³-hybridized carbons (Fsp3) is 1.00. The van der Waals surface area contributed by atoms with Crippen LogP contribution in [-0.4, -0.2) is 58.5 Å². The molecule has 0 bridgehead atoms. The first kappa shape index (κ1) is 15.4. The third kappa shape index (κ3) is 2.52. The van der Waals surface area contributed by atoms with Gasteiger partial charge in [0.2, 0.25) is 0 Å². The predicted molar refractivity (Wildman–Crippen MR) is 82.1 cm³/mol. The van der Waals surface area contributed by atoms with Crippen LogP contribution in [0.1, 0.15) is 26.7 Å². The normalized spacial score (nSPS) is 42.6. The Labute approximate surface area is 129 Å². The zero-order chi connectivity index (χ0) is 14.4. The summed E-state index contributed by atoms with van der Waals surface area (Å²) in [6.07, 6.45) is 2.06. The Morgan fingerprint density at radius 1 is 1.20 bits per heavy atom. The van der Waals surface area contributed by atoms with Crippen LogP contribution in [0.3, 0.4) is 0 Å². The molecule has 0 aromatic heterocycles. The van der Waals surface area contributed by atoms with Crippen molar-refractivity contribution in [1.29, 1.82) is 0 Å². The van der Waals surface area contributed by atoms with Crippen molar-refractivity contribution in [3.05, 3.63) is 0 Å². The van der Waals surface area contributed by atoms with E-state index < -0.39 is 5.79 Å². The standard InChI is InChI=1S/C14H24O4S2/c1-13(2)17-11-9(8-15)14(19-5-4-6-20-14)7-10(16-3)12(11)18-13/h9-12,15H,4-8H2,1-3H3/t9-,10-,11+,12+/m0/s1. The number of ether oxygens (including phenoxy) is 3. The maximum Gasteiger partial charge on any atom is 0.163 e. The van der Waals surface area contributed by atoms with E-state index in [4.69, 9.17) is 14.2 Å². The lowest BCUT2D eigenvalue weighted by Crippen LogP contribution is -2.57. The number of hydrogen-bond acceptors (Lipinski definition) is 6. The van der Waals surface area contributed by atoms with Gasteiger partial charge in [0.1, 0.15) is 6.10 Å². The summed E-state index contributed by atoms with van der Waals surface area (Å²) in [7, 11) is 1.75. The number of thioether (sulfide) groups is 2. The van der Waals surface area contributed by atoms with Crippen molar-refractivity contribution < 1.29 is 19.3 Å². The zero-order valence-corrected chi connectivity index (χ0v) is 14.0.